The van der Waals surface area contributed by atoms with Gasteiger partial charge in [-0.2, -0.15) is 4.98 Å². The summed E-state index contributed by atoms with van der Waals surface area (Å²) in [6.45, 7) is 6.37. The van der Waals surface area contributed by atoms with Crippen LogP contribution in [0, 0.1) is 0 Å². The van der Waals surface area contributed by atoms with Crippen molar-refractivity contribution in [1.82, 2.24) is 19.9 Å². The van der Waals surface area contributed by atoms with Gasteiger partial charge in [-0.3, -0.25) is 9.59 Å². The molecule has 0 spiro atoms. The Hall–Kier alpha value is -4.99. The van der Waals surface area contributed by atoms with Crippen LogP contribution in [0.1, 0.15) is 6.92 Å². The van der Waals surface area contributed by atoms with Crippen LogP contribution in [0.15, 0.2) is 73.4 Å². The first-order chi connectivity index (χ1) is 18.4. The SMILES string of the molecule is C=CC(=O)Nc1cccc(-c2cccc3cnc(Nc4ccc(NC5CN(C(C)=O)C5)nc4OC)nc23)c1. The molecule has 2 amide bonds. The molecule has 1 fully saturated rings. The molecule has 1 saturated heterocycles. The minimum atomic E-state index is -0.275. The highest BCUT2D eigenvalue weighted by Crippen LogP contribution is 2.31. The number of hydrogen-bond donors (Lipinski definition) is 3. The lowest BCUT2D eigenvalue weighted by atomic mass is 10.0. The zero-order valence-electron chi connectivity index (χ0n) is 21.1. The van der Waals surface area contributed by atoms with Crippen molar-refractivity contribution in [2.24, 2.45) is 0 Å². The molecule has 192 valence electrons. The van der Waals surface area contributed by atoms with Crippen LogP contribution in [0.4, 0.5) is 23.1 Å². The van der Waals surface area contributed by atoms with Gasteiger partial charge in [0.2, 0.25) is 23.6 Å². The Kier molecular flexibility index (Phi) is 6.86. The van der Waals surface area contributed by atoms with Gasteiger partial charge in [0, 0.05) is 42.8 Å². The molecule has 0 aliphatic carbocycles. The Morgan fingerprint density at radius 2 is 1.92 bits per heavy atom. The molecule has 0 saturated carbocycles. The van der Waals surface area contributed by atoms with Crippen LogP contribution in [-0.2, 0) is 9.59 Å². The Morgan fingerprint density at radius 3 is 2.68 bits per heavy atom. The third-order valence-corrected chi connectivity index (χ3v) is 6.22. The number of carbonyl (C=O) groups excluding carboxylic acids is 2. The first kappa shape index (κ1) is 24.7. The number of hydrogen-bond acceptors (Lipinski definition) is 8. The highest BCUT2D eigenvalue weighted by molar-refractivity contribution is 6.00. The van der Waals surface area contributed by atoms with Gasteiger partial charge in [-0.25, -0.2) is 9.97 Å². The zero-order chi connectivity index (χ0) is 26.6. The van der Waals surface area contributed by atoms with Crippen LogP contribution in [0.5, 0.6) is 5.88 Å². The van der Waals surface area contributed by atoms with Crippen LogP contribution in [-0.4, -0.2) is 57.9 Å². The summed E-state index contributed by atoms with van der Waals surface area (Å²) in [5, 5.41) is 10.2. The molecule has 5 rings (SSSR count). The van der Waals surface area contributed by atoms with Gasteiger partial charge in [0.05, 0.1) is 18.7 Å². The fourth-order valence-corrected chi connectivity index (χ4v) is 4.23. The number of aromatic nitrogens is 3. The van der Waals surface area contributed by atoms with E-state index in [1.807, 2.05) is 54.6 Å². The largest absolute Gasteiger partial charge is 0.479 e. The average molecular weight is 510 g/mol. The van der Waals surface area contributed by atoms with Gasteiger partial charge in [0.1, 0.15) is 11.5 Å². The summed E-state index contributed by atoms with van der Waals surface area (Å²) in [7, 11) is 1.55. The van der Waals surface area contributed by atoms with Crippen molar-refractivity contribution in [3.8, 4) is 17.0 Å². The van der Waals surface area contributed by atoms with E-state index < -0.39 is 0 Å². The molecule has 10 nitrogen and oxygen atoms in total. The summed E-state index contributed by atoms with van der Waals surface area (Å²) in [4.78, 5) is 38.7. The quantitative estimate of drug-likeness (QED) is 0.302. The van der Waals surface area contributed by atoms with Crippen molar-refractivity contribution in [3.05, 3.63) is 73.4 Å². The molecule has 3 N–H and O–H groups in total. The molecule has 3 heterocycles. The van der Waals surface area contributed by atoms with Gasteiger partial charge < -0.3 is 25.6 Å². The van der Waals surface area contributed by atoms with Crippen molar-refractivity contribution in [3.63, 3.8) is 0 Å². The summed E-state index contributed by atoms with van der Waals surface area (Å²) < 4.78 is 5.51. The third kappa shape index (κ3) is 5.24. The lowest BCUT2D eigenvalue weighted by molar-refractivity contribution is -0.132. The summed E-state index contributed by atoms with van der Waals surface area (Å²) >= 11 is 0. The molecule has 0 atom stereocenters. The highest BCUT2D eigenvalue weighted by atomic mass is 16.5. The predicted octanol–water partition coefficient (Wildman–Crippen LogP) is 4.21. The number of ether oxygens (including phenoxy) is 1. The minimum Gasteiger partial charge on any atom is -0.479 e. The number of para-hydroxylation sites is 1. The van der Waals surface area contributed by atoms with Gasteiger partial charge in [0.25, 0.3) is 0 Å². The van der Waals surface area contributed by atoms with Crippen LogP contribution < -0.4 is 20.7 Å². The number of anilines is 4. The predicted molar refractivity (Wildman–Crippen MR) is 148 cm³/mol. The topological polar surface area (TPSA) is 121 Å². The summed E-state index contributed by atoms with van der Waals surface area (Å²) in [5.41, 5.74) is 3.83. The van der Waals surface area contributed by atoms with Crippen LogP contribution in [0.2, 0.25) is 0 Å². The second-order valence-electron chi connectivity index (χ2n) is 8.85. The van der Waals surface area contributed by atoms with E-state index in [0.29, 0.717) is 42.1 Å². The summed E-state index contributed by atoms with van der Waals surface area (Å²) in [6.07, 6.45) is 2.99. The van der Waals surface area contributed by atoms with E-state index in [9.17, 15) is 9.59 Å². The maximum absolute atomic E-state index is 11.7. The lowest BCUT2D eigenvalue weighted by Crippen LogP contribution is -2.56. The van der Waals surface area contributed by atoms with Crippen molar-refractivity contribution in [2.45, 2.75) is 13.0 Å². The van der Waals surface area contributed by atoms with E-state index in [-0.39, 0.29) is 17.9 Å². The van der Waals surface area contributed by atoms with Gasteiger partial charge in [-0.1, -0.05) is 36.9 Å². The number of likely N-dealkylation sites (tertiary alicyclic amines) is 1. The van der Waals surface area contributed by atoms with Crippen molar-refractivity contribution >= 4 is 45.9 Å². The second kappa shape index (κ2) is 10.6. The molecule has 4 aromatic rings. The third-order valence-electron chi connectivity index (χ3n) is 6.22. The molecule has 10 heteroatoms. The van der Waals surface area contributed by atoms with Crippen LogP contribution in [0.25, 0.3) is 22.0 Å². The molecule has 1 aliphatic heterocycles. The molecule has 2 aromatic carbocycles. The van der Waals surface area contributed by atoms with E-state index in [0.717, 1.165) is 22.0 Å². The second-order valence-corrected chi connectivity index (χ2v) is 8.85. The molecule has 1 aliphatic rings. The van der Waals surface area contributed by atoms with Crippen LogP contribution in [0.3, 0.4) is 0 Å². The fraction of sp³-hybridized carbons (Fsp3) is 0.179. The van der Waals surface area contributed by atoms with Crippen molar-refractivity contribution < 1.29 is 14.3 Å². The number of rotatable bonds is 8. The maximum atomic E-state index is 11.7. The number of fused-ring (bicyclic) bond motifs is 1. The van der Waals surface area contributed by atoms with Crippen molar-refractivity contribution in [1.29, 1.82) is 0 Å². The number of carbonyl (C=O) groups is 2. The van der Waals surface area contributed by atoms with Gasteiger partial charge in [0.15, 0.2) is 0 Å². The Labute approximate surface area is 219 Å². The molecule has 0 unspecified atom stereocenters. The number of benzene rings is 2. The highest BCUT2D eigenvalue weighted by Gasteiger charge is 2.28. The van der Waals surface area contributed by atoms with E-state index in [1.54, 1.807) is 25.1 Å². The smallest absolute Gasteiger partial charge is 0.247 e. The van der Waals surface area contributed by atoms with Crippen LogP contribution >= 0.6 is 0 Å². The van der Waals surface area contributed by atoms with Crippen molar-refractivity contribution in [2.75, 3.05) is 36.1 Å². The zero-order valence-corrected chi connectivity index (χ0v) is 21.1. The molecular weight excluding hydrogens is 482 g/mol. The monoisotopic (exact) mass is 509 g/mol. The number of nitrogens with zero attached hydrogens (tertiary/aromatic N) is 4. The first-order valence-corrected chi connectivity index (χ1v) is 12.1. The van der Waals surface area contributed by atoms with E-state index in [1.165, 1.54) is 6.08 Å². The summed E-state index contributed by atoms with van der Waals surface area (Å²) in [5.74, 6) is 1.23. The minimum absolute atomic E-state index is 0.0684. The van der Waals surface area contributed by atoms with Gasteiger partial charge >= 0.3 is 0 Å². The normalized spacial score (nSPS) is 12.9. The van der Waals surface area contributed by atoms with Gasteiger partial charge in [-0.05, 0) is 35.9 Å². The van der Waals surface area contributed by atoms with E-state index in [4.69, 9.17) is 9.72 Å². The average Bonchev–Trinajstić information content (AvgIpc) is 2.90. The summed E-state index contributed by atoms with van der Waals surface area (Å²) in [6, 6.07) is 17.3. The molecule has 0 radical (unpaired) electrons. The molecular formula is C28H27N7O3. The molecule has 2 aromatic heterocycles. The first-order valence-electron chi connectivity index (χ1n) is 12.1. The van der Waals surface area contributed by atoms with E-state index >= 15 is 0 Å². The number of nitrogens with one attached hydrogen (secondary N) is 3. The number of amides is 2. The number of pyridine rings is 1. The van der Waals surface area contributed by atoms with Gasteiger partial charge in [-0.15, -0.1) is 0 Å². The fourth-order valence-electron chi connectivity index (χ4n) is 4.23. The lowest BCUT2D eigenvalue weighted by Gasteiger charge is -2.39. The Bertz CT molecular complexity index is 1530. The molecule has 38 heavy (non-hydrogen) atoms. The Balaban J connectivity index is 1.39. The van der Waals surface area contributed by atoms with E-state index in [2.05, 4.69) is 32.5 Å². The molecule has 0 bridgehead atoms. The maximum Gasteiger partial charge on any atom is 0.247 e. The standard InChI is InChI=1S/C28H27N7O3/c1-4-25(37)31-20-9-5-7-18(13-20)22-10-6-8-19-14-29-28(34-26(19)22)32-23-11-12-24(33-27(23)38-3)30-21-15-35(16-21)17(2)36/h4-14,21H,1,15-16H2,2-3H3,(H,30,33)(H,31,37)(H,29,32,34). The number of methoxy groups -OCH3 is 1. The Morgan fingerprint density at radius 1 is 1.11 bits per heavy atom.